The highest BCUT2D eigenvalue weighted by Gasteiger charge is 2.09. The van der Waals surface area contributed by atoms with Gasteiger partial charge < -0.3 is 0 Å². The maximum atomic E-state index is 12.3. The van der Waals surface area contributed by atoms with Gasteiger partial charge in [-0.2, -0.15) is 0 Å². The van der Waals surface area contributed by atoms with Gasteiger partial charge in [0.25, 0.3) is 0 Å². The van der Waals surface area contributed by atoms with E-state index in [1.54, 1.807) is 0 Å². The highest BCUT2D eigenvalue weighted by atomic mass is 19.2. The molecule has 0 saturated carbocycles. The average Bonchev–Trinajstić information content (AvgIpc) is 1.93. The molecule has 0 aliphatic carbocycles. The maximum Gasteiger partial charge on any atom is 0.194 e. The maximum absolute atomic E-state index is 12.3. The van der Waals surface area contributed by atoms with Gasteiger partial charge in [0, 0.05) is 0 Å². The minimum absolute atomic E-state index is 0.0149. The van der Waals surface area contributed by atoms with Crippen molar-refractivity contribution < 1.29 is 13.2 Å². The summed E-state index contributed by atoms with van der Waals surface area (Å²) in [5.41, 5.74) is -0.0149. The first-order valence-corrected chi connectivity index (χ1v) is 2.64. The van der Waals surface area contributed by atoms with E-state index in [1.165, 1.54) is 6.92 Å². The van der Waals surface area contributed by atoms with E-state index in [4.69, 9.17) is 0 Å². The first kappa shape index (κ1) is 7.12. The molecule has 0 aliphatic heterocycles. The van der Waals surface area contributed by atoms with Gasteiger partial charge in [-0.05, 0) is 24.6 Å². The Morgan fingerprint density at radius 2 is 1.80 bits per heavy atom. The summed E-state index contributed by atoms with van der Waals surface area (Å²) in [7, 11) is 0. The molecule has 0 nitrogen and oxygen atoms in total. The number of hydrogen-bond donors (Lipinski definition) is 0. The van der Waals surface area contributed by atoms with Gasteiger partial charge in [-0.25, -0.2) is 13.2 Å². The van der Waals surface area contributed by atoms with Gasteiger partial charge in [0.1, 0.15) is 0 Å². The van der Waals surface area contributed by atoms with E-state index >= 15 is 0 Å². The second-order valence-corrected chi connectivity index (χ2v) is 1.89. The van der Waals surface area contributed by atoms with E-state index < -0.39 is 17.5 Å². The molecule has 0 saturated heterocycles. The first-order valence-electron chi connectivity index (χ1n) is 2.64. The Bertz CT molecular complexity index is 228. The smallest absolute Gasteiger partial charge is 0.194 e. The second-order valence-electron chi connectivity index (χ2n) is 1.89. The molecule has 1 rings (SSSR count). The Morgan fingerprint density at radius 1 is 1.20 bits per heavy atom. The summed E-state index contributed by atoms with van der Waals surface area (Å²) in [6, 6.07) is 2.99. The molecule has 0 heterocycles. The third-order valence-corrected chi connectivity index (χ3v) is 1.15. The summed E-state index contributed by atoms with van der Waals surface area (Å²) in [6.07, 6.45) is 0. The second kappa shape index (κ2) is 2.33. The molecule has 0 spiro atoms. The topological polar surface area (TPSA) is 0 Å². The Kier molecular flexibility index (Phi) is 1.66. The van der Waals surface area contributed by atoms with Gasteiger partial charge >= 0.3 is 0 Å². The number of aryl methyl sites for hydroxylation is 1. The van der Waals surface area contributed by atoms with Crippen LogP contribution in [-0.2, 0) is 0 Å². The third-order valence-electron chi connectivity index (χ3n) is 1.15. The average molecular weight is 145 g/mol. The molecular formula is C7H4F3. The van der Waals surface area contributed by atoms with Crippen LogP contribution < -0.4 is 0 Å². The quantitative estimate of drug-likeness (QED) is 0.491. The normalized spacial score (nSPS) is 10.0. The van der Waals surface area contributed by atoms with Crippen LogP contribution in [-0.4, -0.2) is 0 Å². The molecule has 1 radical (unpaired) electrons. The summed E-state index contributed by atoms with van der Waals surface area (Å²) >= 11 is 0. The van der Waals surface area contributed by atoms with Crippen LogP contribution in [0.25, 0.3) is 0 Å². The summed E-state index contributed by atoms with van der Waals surface area (Å²) in [4.78, 5) is 0. The molecule has 3 heteroatoms. The fourth-order valence-corrected chi connectivity index (χ4v) is 0.568. The van der Waals surface area contributed by atoms with Crippen molar-refractivity contribution in [3.63, 3.8) is 0 Å². The van der Waals surface area contributed by atoms with Crippen LogP contribution in [0.5, 0.6) is 0 Å². The molecule has 0 aromatic heterocycles. The Labute approximate surface area is 56.3 Å². The van der Waals surface area contributed by atoms with Crippen LogP contribution in [0, 0.1) is 30.4 Å². The van der Waals surface area contributed by atoms with E-state index in [0.717, 1.165) is 6.07 Å². The minimum Gasteiger partial charge on any atom is -0.204 e. The van der Waals surface area contributed by atoms with Gasteiger partial charge in [0.05, 0.1) is 0 Å². The third kappa shape index (κ3) is 0.988. The molecule has 0 unspecified atom stereocenters. The lowest BCUT2D eigenvalue weighted by atomic mass is 10.2. The van der Waals surface area contributed by atoms with E-state index in [2.05, 4.69) is 6.07 Å². The van der Waals surface area contributed by atoms with Gasteiger partial charge in [0.15, 0.2) is 17.5 Å². The zero-order valence-corrected chi connectivity index (χ0v) is 5.21. The van der Waals surface area contributed by atoms with Gasteiger partial charge in [-0.15, -0.1) is 0 Å². The number of benzene rings is 1. The molecule has 53 valence electrons. The lowest BCUT2D eigenvalue weighted by molar-refractivity contribution is 0.443. The predicted octanol–water partition coefficient (Wildman–Crippen LogP) is 2.21. The fourth-order valence-electron chi connectivity index (χ4n) is 0.568. The monoisotopic (exact) mass is 145 g/mol. The van der Waals surface area contributed by atoms with Crippen molar-refractivity contribution in [1.29, 1.82) is 0 Å². The molecule has 0 bridgehead atoms. The zero-order valence-electron chi connectivity index (χ0n) is 5.21. The molecular weight excluding hydrogens is 141 g/mol. The highest BCUT2D eigenvalue weighted by Crippen LogP contribution is 2.12. The Balaban J connectivity index is 3.34. The molecule has 0 fully saturated rings. The summed E-state index contributed by atoms with van der Waals surface area (Å²) in [5, 5.41) is 0. The molecule has 10 heavy (non-hydrogen) atoms. The Hall–Kier alpha value is -0.990. The SMILES string of the molecule is Cc1[c]cc(F)c(F)c1F. The van der Waals surface area contributed by atoms with Crippen LogP contribution in [0.2, 0.25) is 0 Å². The van der Waals surface area contributed by atoms with Crippen LogP contribution in [0.3, 0.4) is 0 Å². The summed E-state index contributed by atoms with van der Waals surface area (Å²) in [6.45, 7) is 1.32. The van der Waals surface area contributed by atoms with Crippen molar-refractivity contribution >= 4 is 0 Å². The highest BCUT2D eigenvalue weighted by molar-refractivity contribution is 5.16. The lowest BCUT2D eigenvalue weighted by Crippen LogP contribution is -1.92. The van der Waals surface area contributed by atoms with Gasteiger partial charge in [0.2, 0.25) is 0 Å². The molecule has 0 aliphatic rings. The van der Waals surface area contributed by atoms with Crippen molar-refractivity contribution in [2.45, 2.75) is 6.92 Å². The van der Waals surface area contributed by atoms with E-state index in [0.29, 0.717) is 0 Å². The number of halogens is 3. The van der Waals surface area contributed by atoms with Crippen molar-refractivity contribution in [3.8, 4) is 0 Å². The van der Waals surface area contributed by atoms with Crippen molar-refractivity contribution in [2.24, 2.45) is 0 Å². The number of rotatable bonds is 0. The molecule has 0 atom stereocenters. The van der Waals surface area contributed by atoms with E-state index in [1.807, 2.05) is 0 Å². The molecule has 1 aromatic carbocycles. The molecule has 0 amide bonds. The molecule has 0 N–H and O–H groups in total. The van der Waals surface area contributed by atoms with Crippen molar-refractivity contribution in [3.05, 3.63) is 35.1 Å². The summed E-state index contributed by atoms with van der Waals surface area (Å²) in [5.74, 6) is -3.81. The Morgan fingerprint density at radius 3 is 2.30 bits per heavy atom. The predicted molar refractivity (Wildman–Crippen MR) is 29.9 cm³/mol. The van der Waals surface area contributed by atoms with Gasteiger partial charge in [-0.1, -0.05) is 0 Å². The van der Waals surface area contributed by atoms with Crippen molar-refractivity contribution in [2.75, 3.05) is 0 Å². The summed E-state index contributed by atoms with van der Waals surface area (Å²) < 4.78 is 36.7. The minimum atomic E-state index is -1.43. The zero-order chi connectivity index (χ0) is 7.72. The van der Waals surface area contributed by atoms with Gasteiger partial charge in [-0.3, -0.25) is 0 Å². The standard InChI is InChI=1S/C7H4F3/c1-4-2-3-5(8)7(10)6(4)9/h3H,1H3. The van der Waals surface area contributed by atoms with E-state index in [-0.39, 0.29) is 5.56 Å². The van der Waals surface area contributed by atoms with Crippen LogP contribution in [0.4, 0.5) is 13.2 Å². The lowest BCUT2D eigenvalue weighted by Gasteiger charge is -1.95. The van der Waals surface area contributed by atoms with Crippen LogP contribution in [0.1, 0.15) is 5.56 Å². The largest absolute Gasteiger partial charge is 0.204 e. The molecule has 1 aromatic rings. The van der Waals surface area contributed by atoms with Crippen LogP contribution >= 0.6 is 0 Å². The van der Waals surface area contributed by atoms with Crippen LogP contribution in [0.15, 0.2) is 6.07 Å². The van der Waals surface area contributed by atoms with E-state index in [9.17, 15) is 13.2 Å². The fraction of sp³-hybridized carbons (Fsp3) is 0.143. The first-order chi connectivity index (χ1) is 4.63. The van der Waals surface area contributed by atoms with Crippen molar-refractivity contribution in [1.82, 2.24) is 0 Å². The number of hydrogen-bond acceptors (Lipinski definition) is 0.